The lowest BCUT2D eigenvalue weighted by Gasteiger charge is -2.36. The van der Waals surface area contributed by atoms with Crippen molar-refractivity contribution in [2.24, 2.45) is 5.92 Å². The topological polar surface area (TPSA) is 75.4 Å². The van der Waals surface area contributed by atoms with Gasteiger partial charge in [0, 0.05) is 49.8 Å². The van der Waals surface area contributed by atoms with Gasteiger partial charge in [0.1, 0.15) is 5.82 Å². The minimum atomic E-state index is 0.152. The maximum absolute atomic E-state index is 12.5. The van der Waals surface area contributed by atoms with E-state index < -0.39 is 0 Å². The van der Waals surface area contributed by atoms with E-state index in [1.54, 1.807) is 6.20 Å². The fourth-order valence-electron chi connectivity index (χ4n) is 3.34. The number of amides is 1. The average Bonchev–Trinajstić information content (AvgIpc) is 3.20. The van der Waals surface area contributed by atoms with E-state index in [-0.39, 0.29) is 11.8 Å². The minimum absolute atomic E-state index is 0.152. The summed E-state index contributed by atoms with van der Waals surface area (Å²) in [6, 6.07) is 3.96. The van der Waals surface area contributed by atoms with Crippen molar-refractivity contribution in [3.8, 4) is 11.4 Å². The molecule has 0 atom stereocenters. The van der Waals surface area contributed by atoms with Gasteiger partial charge in [-0.2, -0.15) is 4.98 Å². The molecule has 3 rings (SSSR count). The molecule has 1 amide bonds. The van der Waals surface area contributed by atoms with Gasteiger partial charge in [0.15, 0.2) is 0 Å². The van der Waals surface area contributed by atoms with Crippen LogP contribution < -0.4 is 4.90 Å². The van der Waals surface area contributed by atoms with E-state index in [4.69, 9.17) is 4.52 Å². The van der Waals surface area contributed by atoms with E-state index in [0.29, 0.717) is 17.6 Å². The van der Waals surface area contributed by atoms with Gasteiger partial charge in [-0.05, 0) is 25.0 Å². The highest BCUT2D eigenvalue weighted by molar-refractivity contribution is 5.79. The van der Waals surface area contributed by atoms with Crippen molar-refractivity contribution >= 4 is 11.7 Å². The third kappa shape index (κ3) is 4.28. The van der Waals surface area contributed by atoms with E-state index in [0.717, 1.165) is 50.4 Å². The van der Waals surface area contributed by atoms with Crippen LogP contribution in [-0.2, 0) is 4.79 Å². The Morgan fingerprint density at radius 1 is 1.15 bits per heavy atom. The zero-order valence-electron chi connectivity index (χ0n) is 16.7. The Kier molecular flexibility index (Phi) is 6.08. The molecule has 1 saturated heterocycles. The second-order valence-corrected chi connectivity index (χ2v) is 7.34. The molecule has 7 nitrogen and oxygen atoms in total. The van der Waals surface area contributed by atoms with Crippen LogP contribution in [0.4, 0.5) is 5.82 Å². The number of rotatable bonds is 6. The van der Waals surface area contributed by atoms with Gasteiger partial charge in [-0.3, -0.25) is 4.79 Å². The summed E-state index contributed by atoms with van der Waals surface area (Å²) in [4.78, 5) is 25.7. The van der Waals surface area contributed by atoms with Crippen LogP contribution in [0.3, 0.4) is 0 Å². The molecule has 2 aromatic heterocycles. The molecular formula is C20H29N5O2. The maximum atomic E-state index is 12.5. The van der Waals surface area contributed by atoms with Crippen LogP contribution >= 0.6 is 0 Å². The normalized spacial score (nSPS) is 15.0. The first-order valence-electron chi connectivity index (χ1n) is 9.87. The third-order valence-corrected chi connectivity index (χ3v) is 5.19. The first-order chi connectivity index (χ1) is 13.0. The molecule has 0 N–H and O–H groups in total. The third-order valence-electron chi connectivity index (χ3n) is 5.19. The molecule has 3 heterocycles. The number of aromatic nitrogens is 3. The van der Waals surface area contributed by atoms with Crippen molar-refractivity contribution in [1.29, 1.82) is 0 Å². The lowest BCUT2D eigenvalue weighted by Crippen LogP contribution is -2.50. The highest BCUT2D eigenvalue weighted by Gasteiger charge is 2.26. The molecule has 0 spiro atoms. The summed E-state index contributed by atoms with van der Waals surface area (Å²) in [5.74, 6) is 2.77. The summed E-state index contributed by atoms with van der Waals surface area (Å²) in [7, 11) is 0. The Morgan fingerprint density at radius 2 is 1.85 bits per heavy atom. The van der Waals surface area contributed by atoms with Crippen LogP contribution in [0, 0.1) is 5.92 Å². The van der Waals surface area contributed by atoms with Crippen molar-refractivity contribution < 1.29 is 9.32 Å². The second kappa shape index (κ2) is 8.50. The van der Waals surface area contributed by atoms with Crippen molar-refractivity contribution in [3.63, 3.8) is 0 Å². The number of hydrogen-bond acceptors (Lipinski definition) is 6. The highest BCUT2D eigenvalue weighted by atomic mass is 16.5. The van der Waals surface area contributed by atoms with Crippen LogP contribution in [0.25, 0.3) is 11.4 Å². The monoisotopic (exact) mass is 371 g/mol. The highest BCUT2D eigenvalue weighted by Crippen LogP contribution is 2.22. The minimum Gasteiger partial charge on any atom is -0.353 e. The van der Waals surface area contributed by atoms with E-state index in [2.05, 4.69) is 33.9 Å². The summed E-state index contributed by atoms with van der Waals surface area (Å²) >= 11 is 0. The zero-order valence-corrected chi connectivity index (χ0v) is 16.7. The number of anilines is 1. The Labute approximate surface area is 160 Å². The van der Waals surface area contributed by atoms with Gasteiger partial charge in [0.05, 0.1) is 0 Å². The molecule has 0 saturated carbocycles. The van der Waals surface area contributed by atoms with E-state index in [1.807, 2.05) is 30.9 Å². The van der Waals surface area contributed by atoms with Crippen LogP contribution in [0.1, 0.15) is 52.3 Å². The molecule has 146 valence electrons. The first-order valence-corrected chi connectivity index (χ1v) is 9.87. The molecule has 7 heteroatoms. The summed E-state index contributed by atoms with van der Waals surface area (Å²) in [5.41, 5.74) is 0.844. The summed E-state index contributed by atoms with van der Waals surface area (Å²) < 4.78 is 5.26. The fraction of sp³-hybridized carbons (Fsp3) is 0.600. The predicted octanol–water partition coefficient (Wildman–Crippen LogP) is 3.34. The number of nitrogens with zero attached hydrogens (tertiary/aromatic N) is 5. The Bertz CT molecular complexity index is 744. The van der Waals surface area contributed by atoms with Gasteiger partial charge in [0.25, 0.3) is 0 Å². The van der Waals surface area contributed by atoms with Gasteiger partial charge in [-0.25, -0.2) is 4.98 Å². The molecule has 0 radical (unpaired) electrons. The van der Waals surface area contributed by atoms with Crippen LogP contribution in [0.15, 0.2) is 22.9 Å². The number of carbonyl (C=O) groups is 1. The standard InChI is InChI=1S/C20H29N5O2/c1-5-15(6-2)20(26)25-11-9-24(10-12-25)17-8-7-16(13-21-17)18-22-19(14(3)4)27-23-18/h7-8,13-15H,5-6,9-12H2,1-4H3. The Balaban J connectivity index is 1.61. The molecule has 1 aliphatic rings. The SMILES string of the molecule is CCC(CC)C(=O)N1CCN(c2ccc(-c3noc(C(C)C)n3)cn2)CC1. The van der Waals surface area contributed by atoms with Gasteiger partial charge in [-0.15, -0.1) is 0 Å². The van der Waals surface area contributed by atoms with E-state index in [1.165, 1.54) is 0 Å². The van der Waals surface area contributed by atoms with Crippen molar-refractivity contribution in [1.82, 2.24) is 20.0 Å². The van der Waals surface area contributed by atoms with Gasteiger partial charge in [0.2, 0.25) is 17.6 Å². The first kappa shape index (κ1) is 19.3. The summed E-state index contributed by atoms with van der Waals surface area (Å²) in [6.07, 6.45) is 3.60. The number of hydrogen-bond donors (Lipinski definition) is 0. The molecular weight excluding hydrogens is 342 g/mol. The molecule has 0 aliphatic carbocycles. The number of piperazine rings is 1. The Morgan fingerprint density at radius 3 is 2.37 bits per heavy atom. The smallest absolute Gasteiger partial charge is 0.229 e. The zero-order chi connectivity index (χ0) is 19.4. The molecule has 27 heavy (non-hydrogen) atoms. The number of pyridine rings is 1. The summed E-state index contributed by atoms with van der Waals surface area (Å²) in [6.45, 7) is 11.3. The van der Waals surface area contributed by atoms with Crippen LogP contribution in [0.2, 0.25) is 0 Å². The van der Waals surface area contributed by atoms with E-state index in [9.17, 15) is 4.79 Å². The predicted molar refractivity (Wildman–Crippen MR) is 104 cm³/mol. The lowest BCUT2D eigenvalue weighted by atomic mass is 10.0. The van der Waals surface area contributed by atoms with Crippen LogP contribution in [0.5, 0.6) is 0 Å². The van der Waals surface area contributed by atoms with Crippen molar-refractivity contribution in [2.45, 2.75) is 46.5 Å². The van der Waals surface area contributed by atoms with Gasteiger partial charge in [-0.1, -0.05) is 32.9 Å². The maximum Gasteiger partial charge on any atom is 0.229 e. The van der Waals surface area contributed by atoms with Crippen molar-refractivity contribution in [2.75, 3.05) is 31.1 Å². The fourth-order valence-corrected chi connectivity index (χ4v) is 3.34. The van der Waals surface area contributed by atoms with Gasteiger partial charge >= 0.3 is 0 Å². The van der Waals surface area contributed by atoms with E-state index >= 15 is 0 Å². The Hall–Kier alpha value is -2.44. The van der Waals surface area contributed by atoms with Crippen LogP contribution in [-0.4, -0.2) is 52.1 Å². The quantitative estimate of drug-likeness (QED) is 0.775. The van der Waals surface area contributed by atoms with Gasteiger partial charge < -0.3 is 14.3 Å². The summed E-state index contributed by atoms with van der Waals surface area (Å²) in [5, 5.41) is 4.03. The molecule has 0 bridgehead atoms. The molecule has 0 aromatic carbocycles. The largest absolute Gasteiger partial charge is 0.353 e. The second-order valence-electron chi connectivity index (χ2n) is 7.34. The molecule has 1 fully saturated rings. The van der Waals surface area contributed by atoms with Crippen molar-refractivity contribution in [3.05, 3.63) is 24.2 Å². The molecule has 2 aromatic rings. The molecule has 1 aliphatic heterocycles. The number of carbonyl (C=O) groups excluding carboxylic acids is 1. The molecule has 0 unspecified atom stereocenters. The average molecular weight is 371 g/mol. The lowest BCUT2D eigenvalue weighted by molar-refractivity contribution is -0.136.